The number of rotatable bonds is 1. The largest absolute Gasteiger partial charge is 0.327 e. The van der Waals surface area contributed by atoms with E-state index in [1.165, 1.54) is 11.1 Å². The Kier molecular flexibility index (Phi) is 2.12. The average Bonchev–Trinajstić information content (AvgIpc) is 2.15. The Morgan fingerprint density at radius 1 is 1.31 bits per heavy atom. The Balaban J connectivity index is 2.23. The van der Waals surface area contributed by atoms with Crippen LogP contribution in [0.2, 0.25) is 0 Å². The van der Waals surface area contributed by atoms with Gasteiger partial charge < -0.3 is 5.73 Å². The summed E-state index contributed by atoms with van der Waals surface area (Å²) in [7, 11) is 0. The minimum atomic E-state index is 0.421. The minimum Gasteiger partial charge on any atom is -0.327 e. The number of benzene rings is 1. The van der Waals surface area contributed by atoms with E-state index < -0.39 is 0 Å². The van der Waals surface area contributed by atoms with Crippen LogP contribution < -0.4 is 5.73 Å². The van der Waals surface area contributed by atoms with Crippen LogP contribution in [0.4, 0.5) is 0 Å². The van der Waals surface area contributed by atoms with Gasteiger partial charge in [-0.1, -0.05) is 31.2 Å². The molecule has 0 spiro atoms. The summed E-state index contributed by atoms with van der Waals surface area (Å²) in [6, 6.07) is 9.07. The van der Waals surface area contributed by atoms with Gasteiger partial charge in [-0.15, -0.1) is 0 Å². The lowest BCUT2D eigenvalue weighted by Crippen LogP contribution is -2.44. The molecular formula is C12H17N. The van der Waals surface area contributed by atoms with Gasteiger partial charge in [0.25, 0.3) is 0 Å². The van der Waals surface area contributed by atoms with Crippen molar-refractivity contribution in [2.24, 2.45) is 11.7 Å². The normalized spacial score (nSPS) is 32.7. The molecule has 0 amide bonds. The summed E-state index contributed by atoms with van der Waals surface area (Å²) in [5.41, 5.74) is 8.81. The van der Waals surface area contributed by atoms with Crippen molar-refractivity contribution in [2.45, 2.75) is 32.2 Å². The number of aryl methyl sites for hydroxylation is 1. The van der Waals surface area contributed by atoms with E-state index in [1.807, 2.05) is 0 Å². The molecule has 13 heavy (non-hydrogen) atoms. The molecule has 70 valence electrons. The van der Waals surface area contributed by atoms with Crippen molar-refractivity contribution >= 4 is 0 Å². The highest BCUT2D eigenvalue weighted by molar-refractivity contribution is 5.32. The minimum absolute atomic E-state index is 0.421. The first kappa shape index (κ1) is 8.76. The molecule has 2 rings (SSSR count). The zero-order chi connectivity index (χ0) is 9.42. The Hall–Kier alpha value is -0.820. The van der Waals surface area contributed by atoms with Crippen molar-refractivity contribution in [3.63, 3.8) is 0 Å². The third-order valence-corrected chi connectivity index (χ3v) is 3.42. The summed E-state index contributed by atoms with van der Waals surface area (Å²) < 4.78 is 0. The van der Waals surface area contributed by atoms with Crippen molar-refractivity contribution < 1.29 is 0 Å². The van der Waals surface area contributed by atoms with Crippen LogP contribution >= 0.6 is 0 Å². The molecule has 0 bridgehead atoms. The second kappa shape index (κ2) is 3.15. The molecule has 2 N–H and O–H groups in total. The van der Waals surface area contributed by atoms with Gasteiger partial charge in [-0.25, -0.2) is 0 Å². The molecule has 0 radical (unpaired) electrons. The standard InChI is InChI=1S/C12H17N/c1-8-5-3-4-6-10(8)11-7-12(13)9(11)2/h3-6,9,11-12H,7,13H2,1-2H3. The van der Waals surface area contributed by atoms with Crippen molar-refractivity contribution in [3.05, 3.63) is 35.4 Å². The van der Waals surface area contributed by atoms with Crippen LogP contribution in [0.1, 0.15) is 30.4 Å². The van der Waals surface area contributed by atoms with E-state index in [1.54, 1.807) is 0 Å². The summed E-state index contributed by atoms with van der Waals surface area (Å²) in [6.07, 6.45) is 1.16. The Labute approximate surface area is 80.0 Å². The van der Waals surface area contributed by atoms with Crippen LogP contribution in [0.3, 0.4) is 0 Å². The molecule has 3 unspecified atom stereocenters. The molecule has 1 aliphatic rings. The molecule has 0 aliphatic heterocycles. The maximum Gasteiger partial charge on any atom is 0.00763 e. The fourth-order valence-corrected chi connectivity index (χ4v) is 2.24. The third-order valence-electron chi connectivity index (χ3n) is 3.42. The van der Waals surface area contributed by atoms with Crippen molar-refractivity contribution in [2.75, 3.05) is 0 Å². The van der Waals surface area contributed by atoms with Gasteiger partial charge in [0.15, 0.2) is 0 Å². The van der Waals surface area contributed by atoms with Crippen LogP contribution in [0, 0.1) is 12.8 Å². The van der Waals surface area contributed by atoms with Gasteiger partial charge >= 0.3 is 0 Å². The quantitative estimate of drug-likeness (QED) is 0.697. The number of hydrogen-bond acceptors (Lipinski definition) is 1. The first-order valence-corrected chi connectivity index (χ1v) is 5.01. The van der Waals surface area contributed by atoms with Gasteiger partial charge in [-0.2, -0.15) is 0 Å². The van der Waals surface area contributed by atoms with E-state index in [4.69, 9.17) is 5.73 Å². The average molecular weight is 175 g/mol. The van der Waals surface area contributed by atoms with Crippen LogP contribution in [0.5, 0.6) is 0 Å². The van der Waals surface area contributed by atoms with Gasteiger partial charge in [-0.05, 0) is 36.3 Å². The summed E-state index contributed by atoms with van der Waals surface area (Å²) in [5, 5.41) is 0. The monoisotopic (exact) mass is 175 g/mol. The molecule has 1 aliphatic carbocycles. The molecule has 1 nitrogen and oxygen atoms in total. The molecule has 1 fully saturated rings. The highest BCUT2D eigenvalue weighted by Gasteiger charge is 2.36. The Morgan fingerprint density at radius 3 is 2.54 bits per heavy atom. The van der Waals surface area contributed by atoms with Crippen LogP contribution in [0.15, 0.2) is 24.3 Å². The lowest BCUT2D eigenvalue weighted by molar-refractivity contribution is 0.226. The molecule has 1 heteroatoms. The third kappa shape index (κ3) is 1.37. The number of hydrogen-bond donors (Lipinski definition) is 1. The van der Waals surface area contributed by atoms with Crippen LogP contribution in [-0.4, -0.2) is 6.04 Å². The van der Waals surface area contributed by atoms with E-state index in [0.717, 1.165) is 6.42 Å². The molecule has 1 aromatic rings. The summed E-state index contributed by atoms with van der Waals surface area (Å²) in [5.74, 6) is 1.36. The zero-order valence-electron chi connectivity index (χ0n) is 8.33. The van der Waals surface area contributed by atoms with Crippen molar-refractivity contribution in [1.29, 1.82) is 0 Å². The lowest BCUT2D eigenvalue weighted by Gasteiger charge is -2.41. The molecule has 1 aromatic carbocycles. The summed E-state index contributed by atoms with van der Waals surface area (Å²) in [4.78, 5) is 0. The second-order valence-electron chi connectivity index (χ2n) is 4.22. The fourth-order valence-electron chi connectivity index (χ4n) is 2.24. The van der Waals surface area contributed by atoms with Gasteiger partial charge in [0.2, 0.25) is 0 Å². The van der Waals surface area contributed by atoms with E-state index in [-0.39, 0.29) is 0 Å². The van der Waals surface area contributed by atoms with Gasteiger partial charge in [0, 0.05) is 6.04 Å². The molecule has 0 heterocycles. The van der Waals surface area contributed by atoms with Crippen LogP contribution in [-0.2, 0) is 0 Å². The summed E-state index contributed by atoms with van der Waals surface area (Å²) >= 11 is 0. The second-order valence-corrected chi connectivity index (χ2v) is 4.22. The Bertz CT molecular complexity index is 306. The SMILES string of the molecule is Cc1ccccc1C1CC(N)C1C. The molecule has 1 saturated carbocycles. The van der Waals surface area contributed by atoms with Gasteiger partial charge in [-0.3, -0.25) is 0 Å². The predicted molar refractivity (Wildman–Crippen MR) is 55.7 cm³/mol. The molecular weight excluding hydrogens is 158 g/mol. The lowest BCUT2D eigenvalue weighted by atomic mass is 9.67. The van der Waals surface area contributed by atoms with Gasteiger partial charge in [0.05, 0.1) is 0 Å². The first-order chi connectivity index (χ1) is 6.20. The predicted octanol–water partition coefficient (Wildman–Crippen LogP) is 2.45. The molecule has 0 aromatic heterocycles. The van der Waals surface area contributed by atoms with Crippen molar-refractivity contribution in [1.82, 2.24) is 0 Å². The van der Waals surface area contributed by atoms with E-state index in [9.17, 15) is 0 Å². The topological polar surface area (TPSA) is 26.0 Å². The zero-order valence-corrected chi connectivity index (χ0v) is 8.33. The highest BCUT2D eigenvalue weighted by Crippen LogP contribution is 2.42. The number of nitrogens with two attached hydrogens (primary N) is 1. The maximum atomic E-state index is 5.90. The Morgan fingerprint density at radius 2 is 2.00 bits per heavy atom. The van der Waals surface area contributed by atoms with E-state index in [2.05, 4.69) is 38.1 Å². The van der Waals surface area contributed by atoms with Crippen molar-refractivity contribution in [3.8, 4) is 0 Å². The van der Waals surface area contributed by atoms with E-state index in [0.29, 0.717) is 17.9 Å². The first-order valence-electron chi connectivity index (χ1n) is 5.01. The van der Waals surface area contributed by atoms with E-state index >= 15 is 0 Å². The maximum absolute atomic E-state index is 5.90. The summed E-state index contributed by atoms with van der Waals surface area (Å²) in [6.45, 7) is 4.44. The smallest absolute Gasteiger partial charge is 0.00763 e. The van der Waals surface area contributed by atoms with Gasteiger partial charge in [0.1, 0.15) is 0 Å². The van der Waals surface area contributed by atoms with Crippen LogP contribution in [0.25, 0.3) is 0 Å². The highest BCUT2D eigenvalue weighted by atomic mass is 14.7. The fraction of sp³-hybridized carbons (Fsp3) is 0.500. The molecule has 3 atom stereocenters. The molecule has 0 saturated heterocycles.